The first-order chi connectivity index (χ1) is 56.3. The fourth-order valence-electron chi connectivity index (χ4n) is 6.76. The molecular formula is C72H135F9O32P8. The summed E-state index contributed by atoms with van der Waals surface area (Å²) in [6.07, 6.45) is -17.1. The number of phosphoric acid groups is 8. The molecule has 0 N–H and O–H groups in total. The first kappa shape index (κ1) is 127. The molecule has 0 radical (unpaired) electrons. The van der Waals surface area contributed by atoms with Crippen molar-refractivity contribution in [2.45, 2.75) is 258 Å². The quantitative estimate of drug-likeness (QED) is 0.0288. The molecule has 49 heteroatoms. The lowest BCUT2D eigenvalue weighted by molar-refractivity contribution is -0.223. The van der Waals surface area contributed by atoms with E-state index in [1.165, 1.54) is 21.3 Å². The summed E-state index contributed by atoms with van der Waals surface area (Å²) in [5.74, 6) is 1.22. The summed E-state index contributed by atoms with van der Waals surface area (Å²) in [7, 11) is -25.5. The Bertz CT molecular complexity index is 3020. The molecule has 121 heavy (non-hydrogen) atoms. The molecule has 0 aliphatic carbocycles. The van der Waals surface area contributed by atoms with Crippen molar-refractivity contribution in [3.63, 3.8) is 0 Å². The zero-order valence-electron chi connectivity index (χ0n) is 74.0. The SMILES string of the molecule is CC(C)OP(=O)(OC(C)C)OC(C)C.CC(OP(=O)(OC(C)C(F)(F)F)OC(C)C(F)(F)F)C(F)(F)F.CCCCOP(=O)(OCCCC)OCCCC.CCCOP(=O)(OCCC)OCCC.CCOP(=O)(OCC)OCC.CCOP(=O)(OCC)OCC.COP(=O)(OC)OC.O=P(Oc1ccccc1)(Oc1ccccc1)Oc1ccccc1. The first-order valence-corrected chi connectivity index (χ1v) is 50.7. The van der Waals surface area contributed by atoms with Crippen LogP contribution in [0.5, 0.6) is 17.2 Å². The fourth-order valence-corrected chi connectivity index (χ4v) is 16.9. The van der Waals surface area contributed by atoms with Crippen LogP contribution < -0.4 is 13.6 Å². The molecule has 3 rings (SSSR count). The molecule has 0 amide bonds. The van der Waals surface area contributed by atoms with E-state index < -0.39 is 99.4 Å². The number of benzene rings is 3. The minimum atomic E-state index is -5.84. The predicted molar refractivity (Wildman–Crippen MR) is 443 cm³/mol. The Labute approximate surface area is 711 Å². The van der Waals surface area contributed by atoms with E-state index in [-0.39, 0.29) is 39.1 Å². The highest BCUT2D eigenvalue weighted by Gasteiger charge is 2.52. The van der Waals surface area contributed by atoms with Gasteiger partial charge in [0, 0.05) is 21.3 Å². The van der Waals surface area contributed by atoms with Crippen LogP contribution in [0.25, 0.3) is 0 Å². The minimum absolute atomic E-state index is 0.182. The summed E-state index contributed by atoms with van der Waals surface area (Å²) in [5.41, 5.74) is 0. The van der Waals surface area contributed by atoms with Gasteiger partial charge in [-0.1, -0.05) is 115 Å². The van der Waals surface area contributed by atoms with Gasteiger partial charge in [0.25, 0.3) is 0 Å². The van der Waals surface area contributed by atoms with Crippen molar-refractivity contribution in [2.75, 3.05) is 101 Å². The van der Waals surface area contributed by atoms with Gasteiger partial charge in [-0.15, -0.1) is 0 Å². The van der Waals surface area contributed by atoms with Crippen LogP contribution in [0.3, 0.4) is 0 Å². The number of para-hydroxylation sites is 3. The van der Waals surface area contributed by atoms with Gasteiger partial charge in [0.05, 0.1) is 97.6 Å². The van der Waals surface area contributed by atoms with Crippen LogP contribution in [-0.2, 0) is 132 Å². The molecule has 32 nitrogen and oxygen atoms in total. The van der Waals surface area contributed by atoms with Gasteiger partial charge in [-0.05, 0) is 179 Å². The summed E-state index contributed by atoms with van der Waals surface area (Å²) >= 11 is 0. The van der Waals surface area contributed by atoms with Gasteiger partial charge in [0.15, 0.2) is 18.3 Å². The second kappa shape index (κ2) is 70.3. The molecule has 718 valence electrons. The molecular weight excluding hydrogens is 1800 g/mol. The van der Waals surface area contributed by atoms with Crippen LogP contribution in [0, 0.1) is 0 Å². The summed E-state index contributed by atoms with van der Waals surface area (Å²) in [6.45, 7) is 38.4. The van der Waals surface area contributed by atoms with Gasteiger partial charge in [0.2, 0.25) is 0 Å². The Balaban J connectivity index is -0.000000433. The van der Waals surface area contributed by atoms with E-state index in [9.17, 15) is 76.0 Å². The second-order valence-corrected chi connectivity index (χ2v) is 37.4. The standard InChI is InChI=1S/C18H15O4P.C12H27O4P.C9H12F9O4P.2C9H21O4P.2C6H15O4P.C3H9O4P/c19-23(20-16-10-4-1-5-11-16,21-17-12-6-2-7-13-17)22-18-14-8-3-9-15-18;1-4-7-10-14-17(13,15-11-8-5-2)16-12-9-6-3;1-4(7(10,11)12)20-23(19,21-5(2)8(13,14)15)22-6(3)9(16,17)18;1-7(2)11-14(10,12-8(3)4)13-9(5)6;1-4-7-11-14(10,12-8-5-2)13-9-6-3;2*1-4-8-11(7,9-5-2)10-6-3;1-5-8(4,6-2)7-3/h1-15H;4-12H2,1-3H3;4-6H,1-3H3;7-9H,1-6H3;4-9H2,1-3H3;2*4-6H2,1-3H3;1-3H3. The lowest BCUT2D eigenvalue weighted by Crippen LogP contribution is -2.34. The van der Waals surface area contributed by atoms with Crippen molar-refractivity contribution in [2.24, 2.45) is 0 Å². The number of alkyl halides is 9. The monoisotopic (exact) mass is 1930 g/mol. The molecule has 3 aromatic rings. The van der Waals surface area contributed by atoms with Crippen LogP contribution in [0.1, 0.15) is 203 Å². The van der Waals surface area contributed by atoms with Crippen molar-refractivity contribution < 1.29 is 185 Å². The van der Waals surface area contributed by atoms with E-state index in [2.05, 4.69) is 47.9 Å². The van der Waals surface area contributed by atoms with E-state index in [0.717, 1.165) is 57.8 Å². The number of unbranched alkanes of at least 4 members (excludes halogenated alkanes) is 3. The smallest absolute Gasteiger partial charge is 0.386 e. The average Bonchev–Trinajstić information content (AvgIpc) is 0.812. The molecule has 0 heterocycles. The maximum atomic E-state index is 13.1. The van der Waals surface area contributed by atoms with Gasteiger partial charge in [-0.3, -0.25) is 95.0 Å². The van der Waals surface area contributed by atoms with Crippen LogP contribution in [0.15, 0.2) is 91.0 Å². The van der Waals surface area contributed by atoms with Crippen molar-refractivity contribution in [3.8, 4) is 17.2 Å². The van der Waals surface area contributed by atoms with Gasteiger partial charge in [-0.25, -0.2) is 32.0 Å². The number of halogens is 9. The Kier molecular flexibility index (Phi) is 73.8. The highest BCUT2D eigenvalue weighted by atomic mass is 31.2. The van der Waals surface area contributed by atoms with Crippen LogP contribution in [-0.4, -0.2) is 156 Å². The van der Waals surface area contributed by atoms with Gasteiger partial charge in [0.1, 0.15) is 17.2 Å². The fraction of sp³-hybridized carbons (Fsp3) is 0.750. The zero-order chi connectivity index (χ0) is 94.1. The number of hydrogen-bond acceptors (Lipinski definition) is 32. The number of rotatable bonds is 54. The summed E-state index contributed by atoms with van der Waals surface area (Å²) < 4.78 is 321. The Morgan fingerprint density at radius 2 is 0.438 bits per heavy atom. The number of phosphoric ester groups is 8. The Morgan fingerprint density at radius 1 is 0.248 bits per heavy atom. The molecule has 0 fully saturated rings. The Morgan fingerprint density at radius 3 is 0.595 bits per heavy atom. The van der Waals surface area contributed by atoms with E-state index >= 15 is 0 Å². The van der Waals surface area contributed by atoms with Crippen molar-refractivity contribution in [1.82, 2.24) is 0 Å². The van der Waals surface area contributed by atoms with Crippen LogP contribution in [0.2, 0.25) is 0 Å². The Hall–Kier alpha value is -2.57. The lowest BCUT2D eigenvalue weighted by Gasteiger charge is -2.28. The van der Waals surface area contributed by atoms with Crippen LogP contribution >= 0.6 is 62.6 Å². The molecule has 0 saturated carbocycles. The molecule has 0 bridgehead atoms. The van der Waals surface area contributed by atoms with Gasteiger partial charge >= 0.3 is 81.1 Å². The van der Waals surface area contributed by atoms with Crippen LogP contribution in [0.4, 0.5) is 39.5 Å². The zero-order valence-corrected chi connectivity index (χ0v) is 81.2. The first-order valence-electron chi connectivity index (χ1n) is 39.0. The van der Waals surface area contributed by atoms with Crippen molar-refractivity contribution in [3.05, 3.63) is 91.0 Å². The molecule has 3 unspecified atom stereocenters. The summed E-state index contributed by atoms with van der Waals surface area (Å²) in [4.78, 5) is 0. The molecule has 0 aromatic heterocycles. The summed E-state index contributed by atoms with van der Waals surface area (Å²) in [6, 6.07) is 26.4. The van der Waals surface area contributed by atoms with E-state index in [0.29, 0.717) is 96.5 Å². The van der Waals surface area contributed by atoms with E-state index in [1.807, 2.05) is 39.0 Å². The van der Waals surface area contributed by atoms with Crippen molar-refractivity contribution in [1.29, 1.82) is 0 Å². The molecule has 0 aliphatic rings. The predicted octanol–water partition coefficient (Wildman–Crippen LogP) is 27.1. The maximum Gasteiger partial charge on any atom is 0.647 e. The second-order valence-electron chi connectivity index (χ2n) is 24.2. The van der Waals surface area contributed by atoms with E-state index in [4.69, 9.17) is 81.4 Å². The molecule has 0 aliphatic heterocycles. The molecule has 0 spiro atoms. The molecule has 3 aromatic carbocycles. The topological polar surface area (TPSA) is 358 Å². The third kappa shape index (κ3) is 69.1. The summed E-state index contributed by atoms with van der Waals surface area (Å²) in [5, 5.41) is 0. The maximum absolute atomic E-state index is 13.1. The van der Waals surface area contributed by atoms with Crippen molar-refractivity contribution >= 4 is 62.6 Å². The third-order valence-electron chi connectivity index (χ3n) is 12.1. The van der Waals surface area contributed by atoms with Gasteiger partial charge < -0.3 is 13.6 Å². The normalized spacial score (nSPS) is 13.5. The highest BCUT2D eigenvalue weighted by molar-refractivity contribution is 7.50. The highest BCUT2D eigenvalue weighted by Crippen LogP contribution is 2.58. The third-order valence-corrected chi connectivity index (χ3v) is 25.0. The lowest BCUT2D eigenvalue weighted by atomic mass is 10.3. The largest absolute Gasteiger partial charge is 0.647 e. The van der Waals surface area contributed by atoms with E-state index in [1.54, 1.807) is 156 Å². The average molecular weight is 1930 g/mol. The number of hydrogen-bond donors (Lipinski definition) is 0. The van der Waals surface area contributed by atoms with Gasteiger partial charge in [-0.2, -0.15) is 44.1 Å². The molecule has 3 atom stereocenters. The molecule has 0 saturated heterocycles. The minimum Gasteiger partial charge on any atom is -0.386 e.